The van der Waals surface area contributed by atoms with Gasteiger partial charge in [-0.3, -0.25) is 9.88 Å². The van der Waals surface area contributed by atoms with Gasteiger partial charge in [-0.25, -0.2) is 4.98 Å². The molecule has 0 aliphatic rings. The number of hydrogen-bond donors (Lipinski definition) is 0. The quantitative estimate of drug-likeness (QED) is 0.608. The minimum atomic E-state index is 0.672. The number of aromatic nitrogens is 2. The SMILES string of the molecule is CCN(Cc1ccncc1)Cc1nc(-c2ccc(OC)c(C)c2C)oc1C. The third-order valence-corrected chi connectivity index (χ3v) is 5.06. The molecule has 0 fully saturated rings. The summed E-state index contributed by atoms with van der Waals surface area (Å²) in [5, 5.41) is 0. The molecule has 142 valence electrons. The fourth-order valence-corrected chi connectivity index (χ4v) is 3.18. The highest BCUT2D eigenvalue weighted by Gasteiger charge is 2.17. The highest BCUT2D eigenvalue weighted by molar-refractivity contribution is 5.63. The molecule has 3 rings (SSSR count). The Bertz CT molecular complexity index is 903. The number of aryl methyl sites for hydroxylation is 1. The van der Waals surface area contributed by atoms with E-state index in [1.807, 2.05) is 43.6 Å². The molecule has 27 heavy (non-hydrogen) atoms. The monoisotopic (exact) mass is 365 g/mol. The van der Waals surface area contributed by atoms with Crippen LogP contribution in [-0.2, 0) is 13.1 Å². The molecule has 1 aromatic carbocycles. The van der Waals surface area contributed by atoms with E-state index in [1.54, 1.807) is 7.11 Å². The Labute approximate surface area is 161 Å². The highest BCUT2D eigenvalue weighted by atomic mass is 16.5. The van der Waals surface area contributed by atoms with E-state index in [1.165, 1.54) is 5.56 Å². The topological polar surface area (TPSA) is 51.4 Å². The van der Waals surface area contributed by atoms with E-state index in [0.29, 0.717) is 5.89 Å². The van der Waals surface area contributed by atoms with E-state index in [2.05, 4.69) is 30.7 Å². The number of oxazole rings is 1. The second-order valence-electron chi connectivity index (χ2n) is 6.75. The van der Waals surface area contributed by atoms with Crippen LogP contribution in [0.4, 0.5) is 0 Å². The summed E-state index contributed by atoms with van der Waals surface area (Å²) in [5.74, 6) is 2.42. The van der Waals surface area contributed by atoms with Crippen molar-refractivity contribution in [2.24, 2.45) is 0 Å². The molecular weight excluding hydrogens is 338 g/mol. The zero-order valence-electron chi connectivity index (χ0n) is 16.7. The number of ether oxygens (including phenoxy) is 1. The van der Waals surface area contributed by atoms with Gasteiger partial charge in [-0.05, 0) is 68.3 Å². The molecule has 2 aromatic heterocycles. The number of hydrogen-bond acceptors (Lipinski definition) is 5. The van der Waals surface area contributed by atoms with Crippen LogP contribution in [0.5, 0.6) is 5.75 Å². The van der Waals surface area contributed by atoms with Gasteiger partial charge in [-0.1, -0.05) is 6.92 Å². The van der Waals surface area contributed by atoms with Crippen molar-refractivity contribution >= 4 is 0 Å². The molecule has 0 saturated heterocycles. The highest BCUT2D eigenvalue weighted by Crippen LogP contribution is 2.31. The van der Waals surface area contributed by atoms with Crippen LogP contribution in [0.2, 0.25) is 0 Å². The van der Waals surface area contributed by atoms with Crippen molar-refractivity contribution in [2.75, 3.05) is 13.7 Å². The molecule has 0 radical (unpaired) electrons. The Morgan fingerprint density at radius 1 is 1.00 bits per heavy atom. The molecule has 0 spiro atoms. The number of methoxy groups -OCH3 is 1. The Balaban J connectivity index is 1.83. The van der Waals surface area contributed by atoms with Crippen molar-refractivity contribution in [1.82, 2.24) is 14.9 Å². The van der Waals surface area contributed by atoms with Crippen molar-refractivity contribution < 1.29 is 9.15 Å². The first-order valence-electron chi connectivity index (χ1n) is 9.25. The third-order valence-electron chi connectivity index (χ3n) is 5.06. The van der Waals surface area contributed by atoms with Gasteiger partial charge >= 0.3 is 0 Å². The first-order chi connectivity index (χ1) is 13.0. The zero-order valence-corrected chi connectivity index (χ0v) is 16.7. The first-order valence-corrected chi connectivity index (χ1v) is 9.25. The lowest BCUT2D eigenvalue weighted by Crippen LogP contribution is -2.22. The molecule has 0 atom stereocenters. The van der Waals surface area contributed by atoms with E-state index in [4.69, 9.17) is 14.1 Å². The minimum Gasteiger partial charge on any atom is -0.496 e. The molecule has 5 heteroatoms. The van der Waals surface area contributed by atoms with Crippen LogP contribution >= 0.6 is 0 Å². The van der Waals surface area contributed by atoms with Gasteiger partial charge in [-0.15, -0.1) is 0 Å². The number of nitrogens with zero attached hydrogens (tertiary/aromatic N) is 3. The fraction of sp³-hybridized carbons (Fsp3) is 0.364. The molecule has 5 nitrogen and oxygen atoms in total. The van der Waals surface area contributed by atoms with Gasteiger partial charge in [0.05, 0.1) is 12.8 Å². The second-order valence-corrected chi connectivity index (χ2v) is 6.75. The Hall–Kier alpha value is -2.66. The van der Waals surface area contributed by atoms with Gasteiger partial charge < -0.3 is 9.15 Å². The zero-order chi connectivity index (χ0) is 19.4. The lowest BCUT2D eigenvalue weighted by molar-refractivity contribution is 0.267. The summed E-state index contributed by atoms with van der Waals surface area (Å²) in [5.41, 5.74) is 5.48. The van der Waals surface area contributed by atoms with Crippen LogP contribution in [0.1, 0.15) is 35.1 Å². The van der Waals surface area contributed by atoms with Crippen LogP contribution in [0.25, 0.3) is 11.5 Å². The third kappa shape index (κ3) is 4.19. The lowest BCUT2D eigenvalue weighted by atomic mass is 10.0. The Kier molecular flexibility index (Phi) is 5.91. The first kappa shape index (κ1) is 19.1. The number of benzene rings is 1. The van der Waals surface area contributed by atoms with Crippen LogP contribution in [0.3, 0.4) is 0 Å². The van der Waals surface area contributed by atoms with Gasteiger partial charge in [0.25, 0.3) is 0 Å². The predicted octanol–water partition coefficient (Wildman–Crippen LogP) is 4.69. The summed E-state index contributed by atoms with van der Waals surface area (Å²) in [6.07, 6.45) is 3.66. The summed E-state index contributed by atoms with van der Waals surface area (Å²) < 4.78 is 11.4. The van der Waals surface area contributed by atoms with E-state index < -0.39 is 0 Å². The molecule has 0 N–H and O–H groups in total. The second kappa shape index (κ2) is 8.35. The Morgan fingerprint density at radius 3 is 2.41 bits per heavy atom. The van der Waals surface area contributed by atoms with Crippen molar-refractivity contribution in [3.05, 3.63) is 64.8 Å². The van der Waals surface area contributed by atoms with Gasteiger partial charge in [0.2, 0.25) is 5.89 Å². The molecule has 3 aromatic rings. The van der Waals surface area contributed by atoms with Crippen LogP contribution < -0.4 is 4.74 Å². The van der Waals surface area contributed by atoms with E-state index in [9.17, 15) is 0 Å². The maximum Gasteiger partial charge on any atom is 0.226 e. The maximum absolute atomic E-state index is 6.02. The average molecular weight is 365 g/mol. The molecule has 0 aliphatic carbocycles. The normalized spacial score (nSPS) is 11.2. The lowest BCUT2D eigenvalue weighted by Gasteiger charge is -2.19. The van der Waals surface area contributed by atoms with Gasteiger partial charge in [0, 0.05) is 31.0 Å². The van der Waals surface area contributed by atoms with E-state index in [0.717, 1.165) is 53.5 Å². The standard InChI is InChI=1S/C22H27N3O2/c1-6-25(13-18-9-11-23-12-10-18)14-20-17(4)27-22(24-20)19-7-8-21(26-5)16(3)15(19)2/h7-12H,6,13-14H2,1-5H3. The predicted molar refractivity (Wildman–Crippen MR) is 107 cm³/mol. The van der Waals surface area contributed by atoms with E-state index in [-0.39, 0.29) is 0 Å². The fourth-order valence-electron chi connectivity index (χ4n) is 3.18. The molecule has 0 amide bonds. The maximum atomic E-state index is 6.02. The average Bonchev–Trinajstić information content (AvgIpc) is 3.04. The van der Waals surface area contributed by atoms with Crippen LogP contribution in [0, 0.1) is 20.8 Å². The molecule has 0 bridgehead atoms. The van der Waals surface area contributed by atoms with Gasteiger partial charge in [0.1, 0.15) is 11.5 Å². The number of rotatable bonds is 7. The Morgan fingerprint density at radius 2 is 1.74 bits per heavy atom. The van der Waals surface area contributed by atoms with Crippen molar-refractivity contribution in [3.63, 3.8) is 0 Å². The summed E-state index contributed by atoms with van der Waals surface area (Å²) >= 11 is 0. The minimum absolute atomic E-state index is 0.672. The summed E-state index contributed by atoms with van der Waals surface area (Å²) in [6.45, 7) is 10.8. The van der Waals surface area contributed by atoms with Crippen molar-refractivity contribution in [1.29, 1.82) is 0 Å². The molecule has 0 unspecified atom stereocenters. The molecule has 0 saturated carbocycles. The summed E-state index contributed by atoms with van der Waals surface area (Å²) in [4.78, 5) is 11.2. The van der Waals surface area contributed by atoms with Crippen molar-refractivity contribution in [2.45, 2.75) is 40.8 Å². The number of pyridine rings is 1. The molecular formula is C22H27N3O2. The summed E-state index contributed by atoms with van der Waals surface area (Å²) in [6, 6.07) is 8.09. The largest absolute Gasteiger partial charge is 0.496 e. The van der Waals surface area contributed by atoms with Crippen LogP contribution in [0.15, 0.2) is 41.1 Å². The summed E-state index contributed by atoms with van der Waals surface area (Å²) in [7, 11) is 1.69. The van der Waals surface area contributed by atoms with Gasteiger partial charge in [-0.2, -0.15) is 0 Å². The molecule has 0 aliphatic heterocycles. The van der Waals surface area contributed by atoms with Gasteiger partial charge in [0.15, 0.2) is 0 Å². The smallest absolute Gasteiger partial charge is 0.226 e. The molecule has 2 heterocycles. The van der Waals surface area contributed by atoms with E-state index >= 15 is 0 Å². The van der Waals surface area contributed by atoms with Crippen LogP contribution in [-0.4, -0.2) is 28.5 Å². The van der Waals surface area contributed by atoms with Crippen molar-refractivity contribution in [3.8, 4) is 17.2 Å².